The molecule has 0 aliphatic rings. The van der Waals surface area contributed by atoms with E-state index in [9.17, 15) is 9.18 Å². The largest absolute Gasteiger partial charge is 0.439 e. The predicted molar refractivity (Wildman–Crippen MR) is 97.5 cm³/mol. The monoisotopic (exact) mass is 400 g/mol. The lowest BCUT2D eigenvalue weighted by Gasteiger charge is -2.09. The van der Waals surface area contributed by atoms with Crippen molar-refractivity contribution in [2.24, 2.45) is 0 Å². The number of benzene rings is 2. The van der Waals surface area contributed by atoms with Crippen molar-refractivity contribution in [3.05, 3.63) is 82.2 Å². The number of hydrogen-bond donors (Lipinski definition) is 1. The van der Waals surface area contributed by atoms with Crippen molar-refractivity contribution in [3.8, 4) is 11.6 Å². The summed E-state index contributed by atoms with van der Waals surface area (Å²) >= 11 is 3.37. The molecular formula is C19H14BrFN2O2. The van der Waals surface area contributed by atoms with Gasteiger partial charge in [-0.05, 0) is 48.9 Å². The Labute approximate surface area is 152 Å². The number of anilines is 1. The smallest absolute Gasteiger partial charge is 0.257 e. The van der Waals surface area contributed by atoms with Gasteiger partial charge in [0.25, 0.3) is 5.91 Å². The standard InChI is InChI=1S/C19H14BrFN2O2/c1-12-5-7-15(21)10-17(12)23-19(24)13-6-8-18(22-11-13)25-16-4-2-3-14(20)9-16/h2-11H,1H3,(H,23,24). The third-order valence-electron chi connectivity index (χ3n) is 3.46. The summed E-state index contributed by atoms with van der Waals surface area (Å²) in [4.78, 5) is 16.4. The lowest BCUT2D eigenvalue weighted by molar-refractivity contribution is 0.102. The predicted octanol–water partition coefficient (Wildman–Crippen LogP) is 5.34. The lowest BCUT2D eigenvalue weighted by atomic mass is 10.2. The van der Waals surface area contributed by atoms with E-state index in [1.807, 2.05) is 18.2 Å². The number of rotatable bonds is 4. The number of carbonyl (C=O) groups is 1. The molecule has 0 bridgehead atoms. The molecule has 126 valence electrons. The molecule has 0 aliphatic carbocycles. The van der Waals surface area contributed by atoms with Crippen LogP contribution < -0.4 is 10.1 Å². The van der Waals surface area contributed by atoms with Crippen LogP contribution >= 0.6 is 15.9 Å². The van der Waals surface area contributed by atoms with Crippen LogP contribution in [0.15, 0.2) is 65.3 Å². The highest BCUT2D eigenvalue weighted by Crippen LogP contribution is 2.23. The molecule has 0 radical (unpaired) electrons. The molecule has 1 N–H and O–H groups in total. The zero-order chi connectivity index (χ0) is 17.8. The van der Waals surface area contributed by atoms with Crippen LogP contribution in [0, 0.1) is 12.7 Å². The molecule has 1 aromatic heterocycles. The minimum absolute atomic E-state index is 0.352. The summed E-state index contributed by atoms with van der Waals surface area (Å²) in [5.41, 5.74) is 1.56. The van der Waals surface area contributed by atoms with Crippen molar-refractivity contribution in [1.29, 1.82) is 0 Å². The van der Waals surface area contributed by atoms with E-state index in [1.165, 1.54) is 18.3 Å². The number of aromatic nitrogens is 1. The Morgan fingerprint density at radius 3 is 2.72 bits per heavy atom. The molecule has 1 amide bonds. The molecule has 0 atom stereocenters. The van der Waals surface area contributed by atoms with Crippen LogP contribution in [0.4, 0.5) is 10.1 Å². The first-order chi connectivity index (χ1) is 12.0. The van der Waals surface area contributed by atoms with E-state index in [-0.39, 0.29) is 5.91 Å². The Bertz CT molecular complexity index is 914. The number of carbonyl (C=O) groups excluding carboxylic acids is 1. The van der Waals surface area contributed by atoms with Crippen LogP contribution in [0.25, 0.3) is 0 Å². The van der Waals surface area contributed by atoms with Gasteiger partial charge in [-0.3, -0.25) is 4.79 Å². The van der Waals surface area contributed by atoms with E-state index in [0.717, 1.165) is 10.0 Å². The Kier molecular flexibility index (Phi) is 5.09. The third kappa shape index (κ3) is 4.42. The van der Waals surface area contributed by atoms with Gasteiger partial charge in [0.05, 0.1) is 5.56 Å². The third-order valence-corrected chi connectivity index (χ3v) is 3.96. The number of amides is 1. The highest BCUT2D eigenvalue weighted by Gasteiger charge is 2.10. The van der Waals surface area contributed by atoms with Crippen LogP contribution in [0.3, 0.4) is 0 Å². The number of halogens is 2. The first-order valence-electron chi connectivity index (χ1n) is 7.48. The van der Waals surface area contributed by atoms with Gasteiger partial charge in [-0.15, -0.1) is 0 Å². The summed E-state index contributed by atoms with van der Waals surface area (Å²) in [7, 11) is 0. The second-order valence-corrected chi connectivity index (χ2v) is 6.27. The van der Waals surface area contributed by atoms with Crippen molar-refractivity contribution >= 4 is 27.5 Å². The highest BCUT2D eigenvalue weighted by atomic mass is 79.9. The van der Waals surface area contributed by atoms with Crippen molar-refractivity contribution in [2.45, 2.75) is 6.92 Å². The second-order valence-electron chi connectivity index (χ2n) is 5.36. The number of aryl methyl sites for hydroxylation is 1. The van der Waals surface area contributed by atoms with E-state index < -0.39 is 5.82 Å². The van der Waals surface area contributed by atoms with E-state index in [0.29, 0.717) is 22.9 Å². The zero-order valence-corrected chi connectivity index (χ0v) is 14.9. The fourth-order valence-electron chi connectivity index (χ4n) is 2.15. The van der Waals surface area contributed by atoms with E-state index >= 15 is 0 Å². The molecule has 0 fully saturated rings. The average molecular weight is 401 g/mol. The molecule has 3 rings (SSSR count). The quantitative estimate of drug-likeness (QED) is 0.643. The Morgan fingerprint density at radius 2 is 2.00 bits per heavy atom. The molecule has 25 heavy (non-hydrogen) atoms. The van der Waals surface area contributed by atoms with Crippen LogP contribution in [-0.2, 0) is 0 Å². The van der Waals surface area contributed by atoms with Gasteiger partial charge >= 0.3 is 0 Å². The molecule has 3 aromatic rings. The Balaban J connectivity index is 1.71. The lowest BCUT2D eigenvalue weighted by Crippen LogP contribution is -2.13. The molecule has 2 aromatic carbocycles. The van der Waals surface area contributed by atoms with Crippen molar-refractivity contribution in [3.63, 3.8) is 0 Å². The van der Waals surface area contributed by atoms with Gasteiger partial charge in [-0.2, -0.15) is 0 Å². The second kappa shape index (κ2) is 7.44. The van der Waals surface area contributed by atoms with Gasteiger partial charge in [-0.25, -0.2) is 9.37 Å². The van der Waals surface area contributed by atoms with Gasteiger partial charge < -0.3 is 10.1 Å². The molecule has 6 heteroatoms. The van der Waals surface area contributed by atoms with Crippen LogP contribution in [0.2, 0.25) is 0 Å². The molecular weight excluding hydrogens is 387 g/mol. The van der Waals surface area contributed by atoms with Gasteiger partial charge in [-0.1, -0.05) is 28.1 Å². The number of ether oxygens (including phenoxy) is 1. The highest BCUT2D eigenvalue weighted by molar-refractivity contribution is 9.10. The van der Waals surface area contributed by atoms with Gasteiger partial charge in [0.1, 0.15) is 11.6 Å². The fraction of sp³-hybridized carbons (Fsp3) is 0.0526. The fourth-order valence-corrected chi connectivity index (χ4v) is 2.53. The summed E-state index contributed by atoms with van der Waals surface area (Å²) in [5.74, 6) is 0.234. The maximum absolute atomic E-state index is 13.3. The number of pyridine rings is 1. The molecule has 0 saturated heterocycles. The molecule has 0 spiro atoms. The zero-order valence-electron chi connectivity index (χ0n) is 13.3. The Morgan fingerprint density at radius 1 is 1.16 bits per heavy atom. The van der Waals surface area contributed by atoms with E-state index in [4.69, 9.17) is 4.74 Å². The topological polar surface area (TPSA) is 51.2 Å². The molecule has 4 nitrogen and oxygen atoms in total. The maximum Gasteiger partial charge on any atom is 0.257 e. The van der Waals surface area contributed by atoms with Crippen molar-refractivity contribution in [2.75, 3.05) is 5.32 Å². The summed E-state index contributed by atoms with van der Waals surface area (Å²) in [6.45, 7) is 1.79. The molecule has 1 heterocycles. The number of hydrogen-bond acceptors (Lipinski definition) is 3. The summed E-state index contributed by atoms with van der Waals surface area (Å²) in [5, 5.41) is 2.68. The molecule has 0 aliphatic heterocycles. The summed E-state index contributed by atoms with van der Waals surface area (Å²) in [6, 6.07) is 14.8. The number of nitrogens with zero attached hydrogens (tertiary/aromatic N) is 1. The summed E-state index contributed by atoms with van der Waals surface area (Å²) in [6.07, 6.45) is 1.41. The minimum Gasteiger partial charge on any atom is -0.439 e. The van der Waals surface area contributed by atoms with E-state index in [1.54, 1.807) is 31.2 Å². The first-order valence-corrected chi connectivity index (χ1v) is 8.27. The van der Waals surface area contributed by atoms with Crippen LogP contribution in [-0.4, -0.2) is 10.9 Å². The van der Waals surface area contributed by atoms with Gasteiger partial charge in [0.15, 0.2) is 0 Å². The maximum atomic E-state index is 13.3. The Hall–Kier alpha value is -2.73. The van der Waals surface area contributed by atoms with Crippen LogP contribution in [0.5, 0.6) is 11.6 Å². The summed E-state index contributed by atoms with van der Waals surface area (Å²) < 4.78 is 19.8. The van der Waals surface area contributed by atoms with Gasteiger partial charge in [0.2, 0.25) is 5.88 Å². The normalized spacial score (nSPS) is 10.4. The molecule has 0 saturated carbocycles. The van der Waals surface area contributed by atoms with E-state index in [2.05, 4.69) is 26.2 Å². The van der Waals surface area contributed by atoms with Gasteiger partial charge in [0, 0.05) is 22.4 Å². The SMILES string of the molecule is Cc1ccc(F)cc1NC(=O)c1ccc(Oc2cccc(Br)c2)nc1. The molecule has 0 unspecified atom stereocenters. The van der Waals surface area contributed by atoms with Crippen molar-refractivity contribution < 1.29 is 13.9 Å². The first kappa shape index (κ1) is 17.1. The number of nitrogens with one attached hydrogen (secondary N) is 1. The average Bonchev–Trinajstić information content (AvgIpc) is 2.59. The van der Waals surface area contributed by atoms with Crippen LogP contribution in [0.1, 0.15) is 15.9 Å². The van der Waals surface area contributed by atoms with Crippen molar-refractivity contribution in [1.82, 2.24) is 4.98 Å². The minimum atomic E-state index is -0.406.